The van der Waals surface area contributed by atoms with Crippen LogP contribution in [-0.4, -0.2) is 38.4 Å². The topological polar surface area (TPSA) is 120 Å². The number of nitrogens with one attached hydrogen (secondary N) is 1. The molecule has 0 radical (unpaired) electrons. The van der Waals surface area contributed by atoms with Crippen molar-refractivity contribution < 1.29 is 13.9 Å². The summed E-state index contributed by atoms with van der Waals surface area (Å²) in [7, 11) is 0. The molecule has 9 nitrogen and oxygen atoms in total. The van der Waals surface area contributed by atoms with Crippen molar-refractivity contribution in [3.63, 3.8) is 0 Å². The Morgan fingerprint density at radius 2 is 2.16 bits per heavy atom. The summed E-state index contributed by atoms with van der Waals surface area (Å²) in [4.78, 5) is 22.4. The molecule has 5 rings (SSSR count). The molecule has 0 saturated carbocycles. The third kappa shape index (κ3) is 5.30. The van der Waals surface area contributed by atoms with Gasteiger partial charge in [0.15, 0.2) is 10.8 Å². The fourth-order valence-electron chi connectivity index (χ4n) is 3.93. The Hall–Kier alpha value is -3.90. The molecule has 0 amide bonds. The van der Waals surface area contributed by atoms with E-state index in [1.54, 1.807) is 36.1 Å². The lowest BCUT2D eigenvalue weighted by Gasteiger charge is -2.27. The van der Waals surface area contributed by atoms with E-state index in [1.807, 2.05) is 23.6 Å². The summed E-state index contributed by atoms with van der Waals surface area (Å²) in [5.74, 6) is -0.466. The molecule has 1 aliphatic rings. The largest absolute Gasteiger partial charge is 0.463 e. The van der Waals surface area contributed by atoms with E-state index in [-0.39, 0.29) is 18.7 Å². The standard InChI is InChI=1S/C25H21BrFN7O2S/c1-2-36-25(35)21-20(13-34-12-19(32-33-34)14-4-3-5-16(28)10-14)30-23(24-29-8-9-37-24)31-22(21)17-7-6-15(27)11-18(17)26/h3-12,22H,2,13,28H2,1H3,(H,30,31). The van der Waals surface area contributed by atoms with Gasteiger partial charge >= 0.3 is 5.97 Å². The van der Waals surface area contributed by atoms with Crippen molar-refractivity contribution in [2.75, 3.05) is 12.3 Å². The average Bonchev–Trinajstić information content (AvgIpc) is 3.57. The second-order valence-corrected chi connectivity index (χ2v) is 9.80. The molecule has 3 N–H and O–H groups in total. The average molecular weight is 582 g/mol. The van der Waals surface area contributed by atoms with Crippen LogP contribution in [0.25, 0.3) is 11.3 Å². The molecule has 12 heteroatoms. The Labute approximate surface area is 224 Å². The zero-order valence-corrected chi connectivity index (χ0v) is 22.0. The van der Waals surface area contributed by atoms with Gasteiger partial charge in [-0.3, -0.25) is 4.99 Å². The van der Waals surface area contributed by atoms with E-state index in [0.717, 1.165) is 5.56 Å². The molecule has 188 valence electrons. The van der Waals surface area contributed by atoms with E-state index < -0.39 is 17.8 Å². The van der Waals surface area contributed by atoms with Crippen molar-refractivity contribution in [1.29, 1.82) is 0 Å². The molecule has 37 heavy (non-hydrogen) atoms. The number of esters is 1. The van der Waals surface area contributed by atoms with Crippen molar-refractivity contribution in [2.24, 2.45) is 4.99 Å². The van der Waals surface area contributed by atoms with E-state index in [1.165, 1.54) is 23.5 Å². The third-order valence-electron chi connectivity index (χ3n) is 5.55. The molecule has 0 spiro atoms. The van der Waals surface area contributed by atoms with Gasteiger partial charge in [0.05, 0.1) is 30.6 Å². The van der Waals surface area contributed by atoms with Gasteiger partial charge in [0.25, 0.3) is 0 Å². The third-order valence-corrected chi connectivity index (χ3v) is 7.02. The molecule has 0 saturated heterocycles. The van der Waals surface area contributed by atoms with Gasteiger partial charge in [0, 0.05) is 27.3 Å². The first-order valence-electron chi connectivity index (χ1n) is 11.3. The molecular weight excluding hydrogens is 561 g/mol. The van der Waals surface area contributed by atoms with Crippen LogP contribution in [-0.2, 0) is 16.1 Å². The Balaban J connectivity index is 1.60. The number of aliphatic imine (C=N–C) groups is 1. The number of nitrogens with zero attached hydrogens (tertiary/aromatic N) is 5. The first-order valence-corrected chi connectivity index (χ1v) is 13.0. The Morgan fingerprint density at radius 1 is 1.30 bits per heavy atom. The maximum Gasteiger partial charge on any atom is 0.338 e. The van der Waals surface area contributed by atoms with Crippen molar-refractivity contribution in [2.45, 2.75) is 19.5 Å². The van der Waals surface area contributed by atoms with Crippen molar-refractivity contribution in [1.82, 2.24) is 25.3 Å². The summed E-state index contributed by atoms with van der Waals surface area (Å²) >= 11 is 4.84. The number of thiazole rings is 1. The van der Waals surface area contributed by atoms with E-state index in [0.29, 0.717) is 38.0 Å². The van der Waals surface area contributed by atoms with Crippen LogP contribution in [0.1, 0.15) is 23.5 Å². The second kappa shape index (κ2) is 10.6. The predicted octanol–water partition coefficient (Wildman–Crippen LogP) is 4.49. The van der Waals surface area contributed by atoms with Gasteiger partial charge in [-0.15, -0.1) is 16.4 Å². The molecule has 0 fully saturated rings. The molecule has 0 bridgehead atoms. The molecule has 0 aliphatic carbocycles. The molecule has 2 aromatic heterocycles. The normalized spacial score (nSPS) is 15.3. The lowest BCUT2D eigenvalue weighted by molar-refractivity contribution is -0.139. The monoisotopic (exact) mass is 581 g/mol. The van der Waals surface area contributed by atoms with Crippen molar-refractivity contribution >= 4 is 44.8 Å². The SMILES string of the molecule is CCOC(=O)C1=C(Cn2cc(-c3cccc(N)c3)nn2)NC(c2nccs2)=NC1c1ccc(F)cc1Br. The fourth-order valence-corrected chi connectivity index (χ4v) is 5.09. The minimum Gasteiger partial charge on any atom is -0.463 e. The maximum atomic E-state index is 13.9. The van der Waals surface area contributed by atoms with Gasteiger partial charge in [-0.2, -0.15) is 0 Å². The lowest BCUT2D eigenvalue weighted by atomic mass is 9.95. The summed E-state index contributed by atoms with van der Waals surface area (Å²) < 4.78 is 21.4. The van der Waals surface area contributed by atoms with Gasteiger partial charge in [-0.25, -0.2) is 18.9 Å². The Kier molecular flexibility index (Phi) is 7.10. The van der Waals surface area contributed by atoms with Gasteiger partial charge in [-0.05, 0) is 36.8 Å². The number of benzene rings is 2. The summed E-state index contributed by atoms with van der Waals surface area (Å²) in [5.41, 5.74) is 9.40. The number of hydrogen-bond donors (Lipinski definition) is 2. The van der Waals surface area contributed by atoms with E-state index >= 15 is 0 Å². The molecule has 1 aliphatic heterocycles. The van der Waals surface area contributed by atoms with E-state index in [9.17, 15) is 9.18 Å². The summed E-state index contributed by atoms with van der Waals surface area (Å²) in [5, 5.41) is 14.3. The molecular formula is C25H21BrFN7O2S. The van der Waals surface area contributed by atoms with E-state index in [2.05, 4.69) is 36.5 Å². The summed E-state index contributed by atoms with van der Waals surface area (Å²) in [6.45, 7) is 2.08. The first kappa shape index (κ1) is 24.8. The molecule has 1 unspecified atom stereocenters. The minimum atomic E-state index is -0.777. The number of carbonyl (C=O) groups excluding carboxylic acids is 1. The number of allylic oxidation sites excluding steroid dienone is 1. The molecule has 4 aromatic rings. The number of hydrogen-bond acceptors (Lipinski definition) is 9. The Morgan fingerprint density at radius 3 is 2.89 bits per heavy atom. The second-order valence-electron chi connectivity index (χ2n) is 8.05. The number of ether oxygens (including phenoxy) is 1. The number of rotatable bonds is 7. The summed E-state index contributed by atoms with van der Waals surface area (Å²) in [6.07, 6.45) is 3.44. The number of nitrogens with two attached hydrogens (primary N) is 1. The van der Waals surface area contributed by atoms with Crippen molar-refractivity contribution in [3.8, 4) is 11.3 Å². The highest BCUT2D eigenvalue weighted by Gasteiger charge is 2.34. The fraction of sp³-hybridized carbons (Fsp3) is 0.160. The highest BCUT2D eigenvalue weighted by atomic mass is 79.9. The Bertz CT molecular complexity index is 1520. The lowest BCUT2D eigenvalue weighted by Crippen LogP contribution is -2.35. The highest BCUT2D eigenvalue weighted by Crippen LogP contribution is 2.37. The number of nitrogen functional groups attached to an aromatic ring is 1. The van der Waals surface area contributed by atoms with Crippen LogP contribution < -0.4 is 11.1 Å². The number of halogens is 2. The molecule has 3 heterocycles. The quantitative estimate of drug-likeness (QED) is 0.243. The van der Waals surface area contributed by atoms with Gasteiger partial charge in [0.1, 0.15) is 17.6 Å². The highest BCUT2D eigenvalue weighted by molar-refractivity contribution is 9.10. The number of anilines is 1. The van der Waals surface area contributed by atoms with Crippen LogP contribution in [0.4, 0.5) is 10.1 Å². The van der Waals surface area contributed by atoms with Gasteiger partial charge in [0.2, 0.25) is 0 Å². The minimum absolute atomic E-state index is 0.170. The van der Waals surface area contributed by atoms with Gasteiger partial charge < -0.3 is 15.8 Å². The number of amidine groups is 1. The van der Waals surface area contributed by atoms with Gasteiger partial charge in [-0.1, -0.05) is 39.3 Å². The van der Waals surface area contributed by atoms with Crippen LogP contribution in [0.5, 0.6) is 0 Å². The number of aromatic nitrogens is 4. The number of carbonyl (C=O) groups is 1. The zero-order chi connectivity index (χ0) is 25.9. The first-order chi connectivity index (χ1) is 17.9. The summed E-state index contributed by atoms with van der Waals surface area (Å²) in [6, 6.07) is 10.8. The van der Waals surface area contributed by atoms with Crippen LogP contribution in [0.2, 0.25) is 0 Å². The van der Waals surface area contributed by atoms with Crippen LogP contribution in [0.15, 0.2) is 81.0 Å². The van der Waals surface area contributed by atoms with Crippen molar-refractivity contribution in [3.05, 3.63) is 92.4 Å². The zero-order valence-electron chi connectivity index (χ0n) is 19.6. The van der Waals surface area contributed by atoms with Crippen LogP contribution in [0, 0.1) is 5.82 Å². The van der Waals surface area contributed by atoms with Crippen LogP contribution >= 0.6 is 27.3 Å². The predicted molar refractivity (Wildman–Crippen MR) is 142 cm³/mol. The molecule has 1 atom stereocenters. The molecule has 2 aromatic carbocycles. The van der Waals surface area contributed by atoms with E-state index in [4.69, 9.17) is 15.5 Å². The smallest absolute Gasteiger partial charge is 0.338 e. The van der Waals surface area contributed by atoms with Crippen LogP contribution in [0.3, 0.4) is 0 Å². The maximum absolute atomic E-state index is 13.9.